The molecule has 1 aliphatic heterocycles. The third-order valence-electron chi connectivity index (χ3n) is 6.08. The van der Waals surface area contributed by atoms with Crippen LogP contribution in [0.15, 0.2) is 60.9 Å². The van der Waals surface area contributed by atoms with Gasteiger partial charge in [0.25, 0.3) is 11.8 Å². The highest BCUT2D eigenvalue weighted by Crippen LogP contribution is 2.39. The number of fused-ring (bicyclic) bond motifs is 2. The Morgan fingerprint density at radius 2 is 1.38 bits per heavy atom. The third kappa shape index (κ3) is 3.02. The minimum Gasteiger partial charge on any atom is -0.347 e. The number of nitrogens with zero attached hydrogens (tertiary/aromatic N) is 3. The number of para-hydroxylation sites is 2. The monoisotopic (exact) mass is 422 g/mol. The normalized spacial score (nSPS) is 13.9. The summed E-state index contributed by atoms with van der Waals surface area (Å²) in [6.07, 6.45) is 5.08. The van der Waals surface area contributed by atoms with E-state index < -0.39 is 0 Å². The van der Waals surface area contributed by atoms with Crippen LogP contribution in [0.4, 0.5) is 0 Å². The first-order valence-electron chi connectivity index (χ1n) is 10.8. The van der Waals surface area contributed by atoms with Crippen molar-refractivity contribution in [1.82, 2.24) is 14.5 Å². The van der Waals surface area contributed by atoms with Gasteiger partial charge in [-0.3, -0.25) is 14.9 Å². The van der Waals surface area contributed by atoms with Crippen LogP contribution in [0.25, 0.3) is 33.0 Å². The lowest BCUT2D eigenvalue weighted by Gasteiger charge is -2.03. The lowest BCUT2D eigenvalue weighted by atomic mass is 9.95. The Labute approximate surface area is 185 Å². The van der Waals surface area contributed by atoms with Crippen molar-refractivity contribution in [2.45, 2.75) is 32.9 Å². The number of benzene rings is 2. The Bertz CT molecular complexity index is 1460. The molecule has 0 saturated heterocycles. The summed E-state index contributed by atoms with van der Waals surface area (Å²) in [5, 5.41) is 13.3. The zero-order valence-corrected chi connectivity index (χ0v) is 17.8. The molecule has 6 heteroatoms. The van der Waals surface area contributed by atoms with Crippen molar-refractivity contribution >= 4 is 44.8 Å². The lowest BCUT2D eigenvalue weighted by Crippen LogP contribution is -2.22. The molecule has 2 aromatic heterocycles. The molecule has 0 spiro atoms. The third-order valence-corrected chi connectivity index (χ3v) is 6.08. The number of unbranched alkanes of at least 4 members (excludes halogenated alkanes) is 1. The van der Waals surface area contributed by atoms with Gasteiger partial charge >= 0.3 is 0 Å². The van der Waals surface area contributed by atoms with Crippen molar-refractivity contribution in [2.75, 3.05) is 0 Å². The quantitative estimate of drug-likeness (QED) is 0.367. The molecule has 1 aliphatic rings. The van der Waals surface area contributed by atoms with E-state index in [1.165, 1.54) is 0 Å². The largest absolute Gasteiger partial charge is 0.347 e. The average molecular weight is 422 g/mol. The van der Waals surface area contributed by atoms with Gasteiger partial charge in [-0.25, -0.2) is 0 Å². The summed E-state index contributed by atoms with van der Waals surface area (Å²) in [5.74, 6) is -0.747. The summed E-state index contributed by atoms with van der Waals surface area (Å²) in [6, 6.07) is 18.0. The van der Waals surface area contributed by atoms with Crippen LogP contribution >= 0.6 is 0 Å². The minimum atomic E-state index is -0.377. The van der Waals surface area contributed by atoms with Crippen LogP contribution in [0, 0.1) is 11.3 Å². The van der Waals surface area contributed by atoms with Gasteiger partial charge in [0.05, 0.1) is 17.2 Å². The number of imide groups is 1. The number of amides is 2. The first-order chi connectivity index (χ1) is 15.6. The number of rotatable bonds is 6. The van der Waals surface area contributed by atoms with Gasteiger partial charge in [-0.05, 0) is 25.5 Å². The molecule has 4 aromatic rings. The highest BCUT2D eigenvalue weighted by atomic mass is 16.2. The Morgan fingerprint density at radius 3 is 1.94 bits per heavy atom. The molecule has 0 fully saturated rings. The van der Waals surface area contributed by atoms with E-state index in [-0.39, 0.29) is 11.8 Å². The van der Waals surface area contributed by atoms with Crippen molar-refractivity contribution in [3.8, 4) is 6.07 Å². The van der Waals surface area contributed by atoms with Crippen molar-refractivity contribution < 1.29 is 9.59 Å². The Kier molecular flexibility index (Phi) is 4.87. The van der Waals surface area contributed by atoms with Gasteiger partial charge < -0.3 is 9.13 Å². The Balaban J connectivity index is 1.77. The Morgan fingerprint density at radius 1 is 0.844 bits per heavy atom. The maximum absolute atomic E-state index is 13.0. The topological polar surface area (TPSA) is 79.8 Å². The number of carbonyl (C=O) groups is 2. The standard InChI is InChI=1S/C26H22N4O2/c1-2-29-15-19(17-9-3-5-11-21(17)29)23-24(26(32)28-25(23)31)20-16-30(14-8-7-13-27)22-12-6-4-10-18(20)22/h3-6,9-12,15-16H,2,7-8,14H2,1H3,(H,28,31,32). The van der Waals surface area contributed by atoms with Gasteiger partial charge in [0, 0.05) is 64.8 Å². The summed E-state index contributed by atoms with van der Waals surface area (Å²) < 4.78 is 4.16. The van der Waals surface area contributed by atoms with Crippen LogP contribution < -0.4 is 5.32 Å². The number of carbonyl (C=O) groups excluding carboxylic acids is 2. The van der Waals surface area contributed by atoms with Crippen LogP contribution in [0.5, 0.6) is 0 Å². The molecular weight excluding hydrogens is 400 g/mol. The van der Waals surface area contributed by atoms with Crippen LogP contribution in [0.1, 0.15) is 30.9 Å². The number of nitrogens with one attached hydrogen (secondary N) is 1. The van der Waals surface area contributed by atoms with E-state index in [0.717, 1.165) is 45.9 Å². The van der Waals surface area contributed by atoms with Crippen molar-refractivity contribution in [2.24, 2.45) is 0 Å². The summed E-state index contributed by atoms with van der Waals surface area (Å²) in [4.78, 5) is 26.1. The van der Waals surface area contributed by atoms with Crippen molar-refractivity contribution in [3.05, 3.63) is 72.1 Å². The van der Waals surface area contributed by atoms with E-state index in [4.69, 9.17) is 5.26 Å². The zero-order chi connectivity index (χ0) is 22.2. The van der Waals surface area contributed by atoms with Crippen LogP contribution in [0.2, 0.25) is 0 Å². The lowest BCUT2D eigenvalue weighted by molar-refractivity contribution is -0.122. The van der Waals surface area contributed by atoms with Crippen molar-refractivity contribution in [3.63, 3.8) is 0 Å². The van der Waals surface area contributed by atoms with E-state index in [2.05, 4.69) is 27.4 Å². The SMILES string of the molecule is CCn1cc(C2=C(c3cn(CCCC#N)c4ccccc34)C(=O)NC2=O)c2ccccc21. The van der Waals surface area contributed by atoms with Crippen LogP contribution in [0.3, 0.4) is 0 Å². The van der Waals surface area contributed by atoms with E-state index in [0.29, 0.717) is 24.1 Å². The smallest absolute Gasteiger partial charge is 0.259 e. The maximum Gasteiger partial charge on any atom is 0.259 e. The fourth-order valence-electron chi connectivity index (χ4n) is 4.64. The van der Waals surface area contributed by atoms with Crippen LogP contribution in [-0.4, -0.2) is 20.9 Å². The molecule has 0 saturated carbocycles. The molecule has 3 heterocycles. The fourth-order valence-corrected chi connectivity index (χ4v) is 4.64. The average Bonchev–Trinajstić information content (AvgIpc) is 3.44. The van der Waals surface area contributed by atoms with Crippen molar-refractivity contribution in [1.29, 1.82) is 5.26 Å². The van der Waals surface area contributed by atoms with E-state index >= 15 is 0 Å². The Hall–Kier alpha value is -4.11. The van der Waals surface area contributed by atoms with Gasteiger partial charge in [-0.2, -0.15) is 5.26 Å². The summed E-state index contributed by atoms with van der Waals surface area (Å²) >= 11 is 0. The van der Waals surface area contributed by atoms with E-state index in [9.17, 15) is 9.59 Å². The van der Waals surface area contributed by atoms with Gasteiger partial charge in [-0.1, -0.05) is 36.4 Å². The highest BCUT2D eigenvalue weighted by molar-refractivity contribution is 6.50. The molecule has 0 aliphatic carbocycles. The predicted molar refractivity (Wildman–Crippen MR) is 124 cm³/mol. The van der Waals surface area contributed by atoms with Gasteiger partial charge in [0.2, 0.25) is 0 Å². The molecule has 0 unspecified atom stereocenters. The molecule has 5 rings (SSSR count). The number of hydrogen-bond acceptors (Lipinski definition) is 3. The van der Waals surface area contributed by atoms with Gasteiger partial charge in [0.1, 0.15) is 0 Å². The number of aromatic nitrogens is 2. The zero-order valence-electron chi connectivity index (χ0n) is 17.8. The molecule has 32 heavy (non-hydrogen) atoms. The van der Waals surface area contributed by atoms with E-state index in [1.54, 1.807) is 0 Å². The second kappa shape index (κ2) is 7.86. The second-order valence-corrected chi connectivity index (χ2v) is 7.89. The molecule has 1 N–H and O–H groups in total. The molecule has 0 radical (unpaired) electrons. The minimum absolute atomic E-state index is 0.370. The molecule has 2 amide bonds. The summed E-state index contributed by atoms with van der Waals surface area (Å²) in [6.45, 7) is 3.48. The fraction of sp³-hybridized carbons (Fsp3) is 0.192. The summed E-state index contributed by atoms with van der Waals surface area (Å²) in [7, 11) is 0. The predicted octanol–water partition coefficient (Wildman–Crippen LogP) is 4.49. The number of nitriles is 1. The molecule has 158 valence electrons. The van der Waals surface area contributed by atoms with Crippen LogP contribution in [-0.2, 0) is 22.7 Å². The molecular formula is C26H22N4O2. The number of hydrogen-bond donors (Lipinski definition) is 1. The molecule has 0 atom stereocenters. The first kappa shape index (κ1) is 19.8. The summed E-state index contributed by atoms with van der Waals surface area (Å²) in [5.41, 5.74) is 4.34. The highest BCUT2D eigenvalue weighted by Gasteiger charge is 2.35. The second-order valence-electron chi connectivity index (χ2n) is 7.89. The van der Waals surface area contributed by atoms with E-state index in [1.807, 2.05) is 60.9 Å². The number of aryl methyl sites for hydroxylation is 2. The maximum atomic E-state index is 13.0. The molecule has 2 aromatic carbocycles. The first-order valence-corrected chi connectivity index (χ1v) is 10.8. The molecule has 0 bridgehead atoms. The van der Waals surface area contributed by atoms with Gasteiger partial charge in [0.15, 0.2) is 0 Å². The molecule has 6 nitrogen and oxygen atoms in total. The van der Waals surface area contributed by atoms with Gasteiger partial charge in [-0.15, -0.1) is 0 Å².